The second-order valence-corrected chi connectivity index (χ2v) is 7.51. The van der Waals surface area contributed by atoms with Crippen LogP contribution in [0.3, 0.4) is 0 Å². The molecule has 3 aromatic rings. The third-order valence-corrected chi connectivity index (χ3v) is 5.29. The van der Waals surface area contributed by atoms with Gasteiger partial charge < -0.3 is 4.74 Å². The van der Waals surface area contributed by atoms with Crippen LogP contribution in [0.5, 0.6) is 0 Å². The Kier molecular flexibility index (Phi) is 5.98. The van der Waals surface area contributed by atoms with Gasteiger partial charge in [-0.2, -0.15) is 0 Å². The minimum atomic E-state index is -0.150. The van der Waals surface area contributed by atoms with Crippen LogP contribution in [0.4, 0.5) is 0 Å². The summed E-state index contributed by atoms with van der Waals surface area (Å²) < 4.78 is 6.66. The summed E-state index contributed by atoms with van der Waals surface area (Å²) in [6.45, 7) is 2.63. The lowest BCUT2D eigenvalue weighted by Crippen LogP contribution is -2.08. The summed E-state index contributed by atoms with van der Waals surface area (Å²) >= 11 is 13.3. The van der Waals surface area contributed by atoms with E-state index in [1.165, 1.54) is 11.3 Å². The van der Waals surface area contributed by atoms with Crippen molar-refractivity contribution in [3.63, 3.8) is 0 Å². The SMILES string of the molecule is COCc1nnc(CC(=O)c2nnn(Cc3ccc(Cl)c(Cl)c3)c2C)s1. The topological polar surface area (TPSA) is 82.8 Å². The molecule has 0 saturated carbocycles. The monoisotopic (exact) mass is 411 g/mol. The van der Waals surface area contributed by atoms with Gasteiger partial charge in [-0.15, -0.1) is 15.3 Å². The second kappa shape index (κ2) is 8.22. The zero-order valence-corrected chi connectivity index (χ0v) is 16.4. The van der Waals surface area contributed by atoms with Crippen molar-refractivity contribution < 1.29 is 9.53 Å². The lowest BCUT2D eigenvalue weighted by molar-refractivity contribution is 0.0987. The number of carbonyl (C=O) groups excluding carboxylic acids is 1. The number of methoxy groups -OCH3 is 1. The molecule has 0 fully saturated rings. The van der Waals surface area contributed by atoms with Gasteiger partial charge in [-0.05, 0) is 24.6 Å². The fourth-order valence-electron chi connectivity index (χ4n) is 2.34. The highest BCUT2D eigenvalue weighted by atomic mass is 35.5. The van der Waals surface area contributed by atoms with Crippen molar-refractivity contribution in [2.24, 2.45) is 0 Å². The van der Waals surface area contributed by atoms with Crippen LogP contribution in [0, 0.1) is 6.92 Å². The van der Waals surface area contributed by atoms with E-state index in [1.807, 2.05) is 6.07 Å². The maximum atomic E-state index is 12.5. The van der Waals surface area contributed by atoms with Gasteiger partial charge in [-0.1, -0.05) is 45.8 Å². The Morgan fingerprint density at radius 1 is 1.19 bits per heavy atom. The molecule has 1 aromatic carbocycles. The van der Waals surface area contributed by atoms with E-state index in [0.29, 0.717) is 39.6 Å². The van der Waals surface area contributed by atoms with Gasteiger partial charge in [0.15, 0.2) is 11.5 Å². The van der Waals surface area contributed by atoms with E-state index in [9.17, 15) is 4.79 Å². The molecular formula is C16H15Cl2N5O2S. The van der Waals surface area contributed by atoms with Crippen molar-refractivity contribution in [3.05, 3.63) is 55.2 Å². The minimum absolute atomic E-state index is 0.133. The summed E-state index contributed by atoms with van der Waals surface area (Å²) in [5.74, 6) is -0.150. The van der Waals surface area contributed by atoms with Crippen molar-refractivity contribution in [2.75, 3.05) is 7.11 Å². The number of ketones is 1. The number of carbonyl (C=O) groups is 1. The predicted molar refractivity (Wildman–Crippen MR) is 99.0 cm³/mol. The Balaban J connectivity index is 1.72. The maximum Gasteiger partial charge on any atom is 0.191 e. The van der Waals surface area contributed by atoms with Crippen molar-refractivity contribution in [1.29, 1.82) is 0 Å². The summed E-state index contributed by atoms with van der Waals surface area (Å²) in [5, 5.41) is 18.4. The zero-order valence-electron chi connectivity index (χ0n) is 14.1. The summed E-state index contributed by atoms with van der Waals surface area (Å²) in [4.78, 5) is 12.5. The highest BCUT2D eigenvalue weighted by Crippen LogP contribution is 2.23. The predicted octanol–water partition coefficient (Wildman–Crippen LogP) is 3.36. The number of benzene rings is 1. The Morgan fingerprint density at radius 3 is 2.69 bits per heavy atom. The van der Waals surface area contributed by atoms with Gasteiger partial charge >= 0.3 is 0 Å². The molecule has 0 saturated heterocycles. The molecule has 10 heteroatoms. The van der Waals surface area contributed by atoms with E-state index >= 15 is 0 Å². The summed E-state index contributed by atoms with van der Waals surface area (Å²) in [7, 11) is 1.59. The van der Waals surface area contributed by atoms with Gasteiger partial charge in [-0.3, -0.25) is 4.79 Å². The number of ether oxygens (including phenoxy) is 1. The zero-order chi connectivity index (χ0) is 18.7. The second-order valence-electron chi connectivity index (χ2n) is 5.55. The van der Waals surface area contributed by atoms with E-state index in [1.54, 1.807) is 30.8 Å². The van der Waals surface area contributed by atoms with E-state index in [4.69, 9.17) is 27.9 Å². The molecule has 0 aliphatic heterocycles. The van der Waals surface area contributed by atoms with E-state index < -0.39 is 0 Å². The highest BCUT2D eigenvalue weighted by Gasteiger charge is 2.19. The van der Waals surface area contributed by atoms with Gasteiger partial charge in [0.05, 0.1) is 35.3 Å². The first-order valence-corrected chi connectivity index (χ1v) is 9.22. The maximum absolute atomic E-state index is 12.5. The first-order chi connectivity index (χ1) is 12.5. The van der Waals surface area contributed by atoms with Crippen LogP contribution in [0.15, 0.2) is 18.2 Å². The third kappa shape index (κ3) is 4.27. The third-order valence-electron chi connectivity index (χ3n) is 3.65. The molecule has 136 valence electrons. The standard InChI is InChI=1S/C16H15Cl2N5O2S/c1-9-16(13(24)6-14-19-20-15(26-14)8-25-2)21-22-23(9)7-10-3-4-11(17)12(18)5-10/h3-5H,6-8H2,1-2H3. The van der Waals surface area contributed by atoms with Crippen LogP contribution in [0.1, 0.15) is 31.8 Å². The molecule has 0 amide bonds. The largest absolute Gasteiger partial charge is 0.377 e. The van der Waals surface area contributed by atoms with Crippen LogP contribution in [-0.2, 0) is 24.3 Å². The smallest absolute Gasteiger partial charge is 0.191 e. The summed E-state index contributed by atoms with van der Waals surface area (Å²) in [5.41, 5.74) is 1.93. The highest BCUT2D eigenvalue weighted by molar-refractivity contribution is 7.11. The van der Waals surface area contributed by atoms with Gasteiger partial charge in [0.2, 0.25) is 0 Å². The van der Waals surface area contributed by atoms with Crippen LogP contribution in [0.2, 0.25) is 10.0 Å². The molecule has 0 spiro atoms. The van der Waals surface area contributed by atoms with Crippen LogP contribution >= 0.6 is 34.5 Å². The quantitative estimate of drug-likeness (QED) is 0.554. The number of nitrogens with zero attached hydrogens (tertiary/aromatic N) is 5. The van der Waals surface area contributed by atoms with Gasteiger partial charge in [0, 0.05) is 7.11 Å². The Bertz CT molecular complexity index is 941. The van der Waals surface area contributed by atoms with E-state index in [2.05, 4.69) is 20.5 Å². The lowest BCUT2D eigenvalue weighted by atomic mass is 10.2. The lowest BCUT2D eigenvalue weighted by Gasteiger charge is -2.05. The van der Waals surface area contributed by atoms with Crippen LogP contribution in [-0.4, -0.2) is 38.1 Å². The van der Waals surface area contributed by atoms with E-state index in [-0.39, 0.29) is 12.2 Å². The molecule has 7 nitrogen and oxygen atoms in total. The average Bonchev–Trinajstić information content (AvgIpc) is 3.19. The molecule has 0 unspecified atom stereocenters. The number of rotatable bonds is 7. The van der Waals surface area contributed by atoms with Gasteiger partial charge in [0.25, 0.3) is 0 Å². The fourth-order valence-corrected chi connectivity index (χ4v) is 3.48. The molecule has 3 rings (SSSR count). The number of aromatic nitrogens is 5. The summed E-state index contributed by atoms with van der Waals surface area (Å²) in [6, 6.07) is 5.35. The average molecular weight is 412 g/mol. The van der Waals surface area contributed by atoms with Crippen molar-refractivity contribution in [1.82, 2.24) is 25.2 Å². The molecule has 0 bridgehead atoms. The normalized spacial score (nSPS) is 11.1. The molecule has 0 atom stereocenters. The van der Waals surface area contributed by atoms with Crippen molar-refractivity contribution >= 4 is 40.3 Å². The summed E-state index contributed by atoms with van der Waals surface area (Å²) in [6.07, 6.45) is 0.133. The number of hydrogen-bond acceptors (Lipinski definition) is 7. The molecule has 26 heavy (non-hydrogen) atoms. The first kappa shape index (κ1) is 18.9. The number of hydrogen-bond donors (Lipinski definition) is 0. The van der Waals surface area contributed by atoms with Crippen molar-refractivity contribution in [2.45, 2.75) is 26.5 Å². The molecule has 0 aliphatic carbocycles. The Hall–Kier alpha value is -1.87. The first-order valence-electron chi connectivity index (χ1n) is 7.65. The Labute approximate surface area is 163 Å². The van der Waals surface area contributed by atoms with E-state index in [0.717, 1.165) is 10.6 Å². The number of Topliss-reactive ketones (excluding diaryl/α,β-unsaturated/α-hetero) is 1. The Morgan fingerprint density at radius 2 is 1.96 bits per heavy atom. The molecule has 2 aromatic heterocycles. The fraction of sp³-hybridized carbons (Fsp3) is 0.312. The van der Waals surface area contributed by atoms with Crippen LogP contribution in [0.25, 0.3) is 0 Å². The van der Waals surface area contributed by atoms with Gasteiger partial charge in [0.1, 0.15) is 10.0 Å². The van der Waals surface area contributed by atoms with Crippen LogP contribution < -0.4 is 0 Å². The molecule has 0 N–H and O–H groups in total. The number of halogens is 2. The molecule has 0 radical (unpaired) electrons. The minimum Gasteiger partial charge on any atom is -0.377 e. The van der Waals surface area contributed by atoms with Crippen molar-refractivity contribution in [3.8, 4) is 0 Å². The molecule has 2 heterocycles. The van der Waals surface area contributed by atoms with Gasteiger partial charge in [-0.25, -0.2) is 4.68 Å². The molecular weight excluding hydrogens is 397 g/mol. The molecule has 0 aliphatic rings.